The van der Waals surface area contributed by atoms with E-state index in [4.69, 9.17) is 9.97 Å². The minimum absolute atomic E-state index is 0.137. The Balaban J connectivity index is 1.06. The van der Waals surface area contributed by atoms with Gasteiger partial charge in [0.2, 0.25) is 0 Å². The summed E-state index contributed by atoms with van der Waals surface area (Å²) in [5, 5.41) is 4.99. The average molecular weight is 753 g/mol. The topological polar surface area (TPSA) is 25.8 Å². The van der Waals surface area contributed by atoms with Crippen molar-refractivity contribution in [3.63, 3.8) is 0 Å². The van der Waals surface area contributed by atoms with E-state index in [-0.39, 0.29) is 5.41 Å². The van der Waals surface area contributed by atoms with Crippen molar-refractivity contribution in [2.24, 2.45) is 0 Å². The number of hydrogen-bond acceptors (Lipinski definition) is 2. The molecule has 0 atom stereocenters. The molecule has 1 heterocycles. The summed E-state index contributed by atoms with van der Waals surface area (Å²) in [4.78, 5) is 10.6. The molecular formula is C57H40N2. The summed E-state index contributed by atoms with van der Waals surface area (Å²) >= 11 is 0. The fraction of sp³-hybridized carbons (Fsp3) is 0.0526. The maximum Gasteiger partial charge on any atom is 0.160 e. The van der Waals surface area contributed by atoms with Gasteiger partial charge in [0.05, 0.1) is 11.4 Å². The summed E-state index contributed by atoms with van der Waals surface area (Å²) in [7, 11) is 0. The van der Waals surface area contributed by atoms with Gasteiger partial charge >= 0.3 is 0 Å². The number of fused-ring (bicyclic) bond motifs is 6. The molecule has 0 fully saturated rings. The Bertz CT molecular complexity index is 3220. The highest BCUT2D eigenvalue weighted by atomic mass is 14.9. The first kappa shape index (κ1) is 34.8. The Hall–Kier alpha value is -7.42. The van der Waals surface area contributed by atoms with E-state index in [0.29, 0.717) is 5.82 Å². The van der Waals surface area contributed by atoms with Gasteiger partial charge in [0.1, 0.15) is 0 Å². The molecule has 9 aromatic carbocycles. The van der Waals surface area contributed by atoms with E-state index < -0.39 is 0 Å². The fourth-order valence-electron chi connectivity index (χ4n) is 9.42. The predicted molar refractivity (Wildman–Crippen MR) is 247 cm³/mol. The van der Waals surface area contributed by atoms with Crippen LogP contribution in [-0.4, -0.2) is 9.97 Å². The van der Waals surface area contributed by atoms with E-state index in [0.717, 1.165) is 33.5 Å². The van der Waals surface area contributed by atoms with Crippen LogP contribution in [0.4, 0.5) is 0 Å². The predicted octanol–water partition coefficient (Wildman–Crippen LogP) is 15.1. The molecular weight excluding hydrogens is 713 g/mol. The van der Waals surface area contributed by atoms with Gasteiger partial charge in [-0.1, -0.05) is 202 Å². The number of nitrogens with zero attached hydrogens (tertiary/aromatic N) is 2. The number of rotatable bonds is 6. The van der Waals surface area contributed by atoms with Gasteiger partial charge in [0.25, 0.3) is 0 Å². The van der Waals surface area contributed by atoms with Crippen LogP contribution >= 0.6 is 0 Å². The van der Waals surface area contributed by atoms with E-state index >= 15 is 0 Å². The van der Waals surface area contributed by atoms with Crippen LogP contribution in [0.3, 0.4) is 0 Å². The molecule has 0 aliphatic heterocycles. The minimum Gasteiger partial charge on any atom is -0.228 e. The van der Waals surface area contributed by atoms with Crippen LogP contribution in [0.5, 0.6) is 0 Å². The van der Waals surface area contributed by atoms with Gasteiger partial charge in [-0.3, -0.25) is 0 Å². The zero-order chi connectivity index (χ0) is 39.5. The van der Waals surface area contributed by atoms with Crippen molar-refractivity contribution >= 4 is 21.5 Å². The quantitative estimate of drug-likeness (QED) is 0.169. The third kappa shape index (κ3) is 5.87. The Morgan fingerprint density at radius 2 is 0.847 bits per heavy atom. The van der Waals surface area contributed by atoms with Crippen molar-refractivity contribution in [2.75, 3.05) is 0 Å². The molecule has 0 radical (unpaired) electrons. The first-order chi connectivity index (χ1) is 29.0. The van der Waals surface area contributed by atoms with E-state index in [1.807, 2.05) is 6.07 Å². The van der Waals surface area contributed by atoms with Crippen molar-refractivity contribution < 1.29 is 0 Å². The van der Waals surface area contributed by atoms with Gasteiger partial charge in [-0.2, -0.15) is 0 Å². The largest absolute Gasteiger partial charge is 0.228 e. The Labute approximate surface area is 345 Å². The van der Waals surface area contributed by atoms with E-state index in [1.165, 1.54) is 71.8 Å². The molecule has 2 heteroatoms. The Morgan fingerprint density at radius 1 is 0.322 bits per heavy atom. The van der Waals surface area contributed by atoms with Gasteiger partial charge in [-0.15, -0.1) is 0 Å². The first-order valence-electron chi connectivity index (χ1n) is 20.4. The summed E-state index contributed by atoms with van der Waals surface area (Å²) in [6.45, 7) is 4.76. The van der Waals surface area contributed by atoms with Crippen molar-refractivity contribution in [3.05, 3.63) is 217 Å². The zero-order valence-corrected chi connectivity index (χ0v) is 33.0. The number of aromatic nitrogens is 2. The van der Waals surface area contributed by atoms with Gasteiger partial charge in [0, 0.05) is 22.1 Å². The second kappa shape index (κ2) is 13.9. The van der Waals surface area contributed by atoms with Crippen LogP contribution in [0.25, 0.3) is 100.0 Å². The van der Waals surface area contributed by atoms with Crippen LogP contribution < -0.4 is 0 Å². The van der Waals surface area contributed by atoms with Crippen molar-refractivity contribution in [2.45, 2.75) is 19.3 Å². The van der Waals surface area contributed by atoms with Crippen LogP contribution in [-0.2, 0) is 5.41 Å². The highest BCUT2D eigenvalue weighted by Crippen LogP contribution is 2.52. The smallest absolute Gasteiger partial charge is 0.160 e. The standard InChI is InChI=1S/C57H40N2/c1-57(2)52-35-41(27-30-48(52)50-31-26-39-20-12-13-23-45(39)55(50)57)44-32-33-49(47-25-15-14-24-46(44)47)54-36-53(58-56(59-54)40-21-10-5-11-22-40)42-28-29-43(37-16-6-3-7-17-37)51(34-42)38-18-8-4-9-19-38/h3-36H,1-2H3. The van der Waals surface area contributed by atoms with E-state index in [1.54, 1.807) is 0 Å². The third-order valence-corrected chi connectivity index (χ3v) is 12.3. The summed E-state index contributed by atoms with van der Waals surface area (Å²) in [6, 6.07) is 74.3. The lowest BCUT2D eigenvalue weighted by Crippen LogP contribution is -2.15. The molecule has 2 nitrogen and oxygen atoms in total. The van der Waals surface area contributed by atoms with Crippen molar-refractivity contribution in [1.29, 1.82) is 0 Å². The normalized spacial score (nSPS) is 12.7. The van der Waals surface area contributed by atoms with Gasteiger partial charge < -0.3 is 0 Å². The number of hydrogen-bond donors (Lipinski definition) is 0. The Kier molecular flexibility index (Phi) is 8.20. The molecule has 0 spiro atoms. The van der Waals surface area contributed by atoms with Gasteiger partial charge in [-0.25, -0.2) is 9.97 Å². The maximum absolute atomic E-state index is 5.30. The molecule has 1 aliphatic carbocycles. The van der Waals surface area contributed by atoms with Crippen LogP contribution in [0.1, 0.15) is 25.0 Å². The van der Waals surface area contributed by atoms with Crippen molar-refractivity contribution in [1.82, 2.24) is 9.97 Å². The van der Waals surface area contributed by atoms with E-state index in [2.05, 4.69) is 214 Å². The molecule has 0 saturated heterocycles. The van der Waals surface area contributed by atoms with Crippen LogP contribution in [0, 0.1) is 0 Å². The summed E-state index contributed by atoms with van der Waals surface area (Å²) in [5.74, 6) is 0.701. The second-order valence-electron chi connectivity index (χ2n) is 16.1. The zero-order valence-electron chi connectivity index (χ0n) is 33.0. The van der Waals surface area contributed by atoms with Crippen LogP contribution in [0.15, 0.2) is 206 Å². The molecule has 1 aliphatic rings. The summed E-state index contributed by atoms with van der Waals surface area (Å²) < 4.78 is 0. The minimum atomic E-state index is -0.137. The molecule has 278 valence electrons. The SMILES string of the molecule is CC1(C)c2cc(-c3ccc(-c4cc(-c5ccc(-c6ccccc6)c(-c6ccccc6)c5)nc(-c5ccccc5)n4)c4ccccc34)ccc2-c2ccc3ccccc3c21. The lowest BCUT2D eigenvalue weighted by Gasteiger charge is -2.24. The molecule has 11 rings (SSSR count). The lowest BCUT2D eigenvalue weighted by molar-refractivity contribution is 0.666. The molecule has 59 heavy (non-hydrogen) atoms. The summed E-state index contributed by atoms with van der Waals surface area (Å²) in [5.41, 5.74) is 17.3. The Morgan fingerprint density at radius 3 is 1.58 bits per heavy atom. The lowest BCUT2D eigenvalue weighted by atomic mass is 9.79. The van der Waals surface area contributed by atoms with Crippen LogP contribution in [0.2, 0.25) is 0 Å². The molecule has 0 amide bonds. The molecule has 10 aromatic rings. The highest BCUT2D eigenvalue weighted by molar-refractivity contribution is 6.06. The van der Waals surface area contributed by atoms with Crippen molar-refractivity contribution in [3.8, 4) is 78.4 Å². The molecule has 0 bridgehead atoms. The first-order valence-corrected chi connectivity index (χ1v) is 20.4. The van der Waals surface area contributed by atoms with E-state index in [9.17, 15) is 0 Å². The monoisotopic (exact) mass is 752 g/mol. The fourth-order valence-corrected chi connectivity index (χ4v) is 9.42. The number of benzene rings is 9. The van der Waals surface area contributed by atoms with Gasteiger partial charge in [0.15, 0.2) is 5.82 Å². The highest BCUT2D eigenvalue weighted by Gasteiger charge is 2.37. The average Bonchev–Trinajstić information content (AvgIpc) is 3.54. The molecule has 1 aromatic heterocycles. The maximum atomic E-state index is 5.30. The molecule has 0 saturated carbocycles. The third-order valence-electron chi connectivity index (χ3n) is 12.3. The summed E-state index contributed by atoms with van der Waals surface area (Å²) in [6.07, 6.45) is 0. The molecule has 0 N–H and O–H groups in total. The van der Waals surface area contributed by atoms with Gasteiger partial charge in [-0.05, 0) is 95.4 Å². The second-order valence-corrected chi connectivity index (χ2v) is 16.1. The molecule has 0 unspecified atom stereocenters.